The lowest BCUT2D eigenvalue weighted by molar-refractivity contribution is 0.352. The molecular formula is C11H15N5. The van der Waals surface area contributed by atoms with Gasteiger partial charge in [0.1, 0.15) is 11.9 Å². The Labute approximate surface area is 95.1 Å². The van der Waals surface area contributed by atoms with Crippen LogP contribution in [0.15, 0.2) is 12.4 Å². The molecule has 1 aliphatic heterocycles. The van der Waals surface area contributed by atoms with E-state index in [2.05, 4.69) is 20.2 Å². The molecule has 84 valence electrons. The lowest BCUT2D eigenvalue weighted by atomic mass is 10.4. The summed E-state index contributed by atoms with van der Waals surface area (Å²) < 4.78 is 0. The summed E-state index contributed by atoms with van der Waals surface area (Å²) in [4.78, 5) is 10.5. The Kier molecular flexibility index (Phi) is 3.67. The van der Waals surface area contributed by atoms with E-state index in [0.717, 1.165) is 18.9 Å². The van der Waals surface area contributed by atoms with E-state index in [0.29, 0.717) is 5.69 Å². The molecule has 5 nitrogen and oxygen atoms in total. The van der Waals surface area contributed by atoms with E-state index >= 15 is 0 Å². The number of rotatable bonds is 4. The summed E-state index contributed by atoms with van der Waals surface area (Å²) in [6, 6.07) is 1.95. The zero-order valence-electron chi connectivity index (χ0n) is 9.19. The number of hydrogen-bond donors (Lipinski definition) is 1. The second kappa shape index (κ2) is 5.42. The van der Waals surface area contributed by atoms with Crippen molar-refractivity contribution in [1.82, 2.24) is 14.9 Å². The fourth-order valence-corrected chi connectivity index (χ4v) is 1.83. The average molecular weight is 217 g/mol. The molecule has 0 saturated carbocycles. The van der Waals surface area contributed by atoms with E-state index in [1.54, 1.807) is 6.20 Å². The smallest absolute Gasteiger partial charge is 0.158 e. The SMILES string of the molecule is N#Cc1cnc(NCCN2CCCC2)cn1. The van der Waals surface area contributed by atoms with E-state index in [4.69, 9.17) is 5.26 Å². The molecule has 1 aliphatic rings. The van der Waals surface area contributed by atoms with Crippen LogP contribution in [-0.4, -0.2) is 41.0 Å². The highest BCUT2D eigenvalue weighted by Gasteiger charge is 2.10. The van der Waals surface area contributed by atoms with Crippen molar-refractivity contribution in [2.75, 3.05) is 31.5 Å². The van der Waals surface area contributed by atoms with E-state index < -0.39 is 0 Å². The van der Waals surface area contributed by atoms with Crippen molar-refractivity contribution in [3.63, 3.8) is 0 Å². The third-order valence-corrected chi connectivity index (χ3v) is 2.70. The molecule has 0 amide bonds. The number of nitrogens with zero attached hydrogens (tertiary/aromatic N) is 4. The summed E-state index contributed by atoms with van der Waals surface area (Å²) >= 11 is 0. The van der Waals surface area contributed by atoms with Gasteiger partial charge in [-0.3, -0.25) is 0 Å². The fraction of sp³-hybridized carbons (Fsp3) is 0.545. The summed E-state index contributed by atoms with van der Waals surface area (Å²) in [6.45, 7) is 4.34. The Morgan fingerprint density at radius 2 is 2.12 bits per heavy atom. The van der Waals surface area contributed by atoms with Gasteiger partial charge in [-0.25, -0.2) is 9.97 Å². The van der Waals surface area contributed by atoms with Crippen molar-refractivity contribution in [3.05, 3.63) is 18.1 Å². The van der Waals surface area contributed by atoms with Gasteiger partial charge in [0, 0.05) is 13.1 Å². The molecule has 0 radical (unpaired) electrons. The van der Waals surface area contributed by atoms with Crippen LogP contribution in [0.4, 0.5) is 5.82 Å². The maximum absolute atomic E-state index is 8.57. The van der Waals surface area contributed by atoms with E-state index in [1.807, 2.05) is 6.07 Å². The standard InChI is InChI=1S/C11H15N5/c12-7-10-8-15-11(9-14-10)13-3-6-16-4-1-2-5-16/h8-9H,1-6H2,(H,13,15). The summed E-state index contributed by atoms with van der Waals surface area (Å²) in [5.74, 6) is 0.734. The average Bonchev–Trinajstić information content (AvgIpc) is 2.83. The molecule has 1 N–H and O–H groups in total. The van der Waals surface area contributed by atoms with Crippen LogP contribution in [-0.2, 0) is 0 Å². The zero-order chi connectivity index (χ0) is 11.2. The minimum Gasteiger partial charge on any atom is -0.368 e. The highest BCUT2D eigenvalue weighted by atomic mass is 15.2. The number of nitrogens with one attached hydrogen (secondary N) is 1. The molecular weight excluding hydrogens is 202 g/mol. The summed E-state index contributed by atoms with van der Waals surface area (Å²) in [5.41, 5.74) is 0.352. The number of aromatic nitrogens is 2. The number of likely N-dealkylation sites (tertiary alicyclic amines) is 1. The number of hydrogen-bond acceptors (Lipinski definition) is 5. The molecule has 0 spiro atoms. The molecule has 1 saturated heterocycles. The summed E-state index contributed by atoms with van der Waals surface area (Å²) in [7, 11) is 0. The van der Waals surface area contributed by atoms with Crippen LogP contribution in [0, 0.1) is 11.3 Å². The quantitative estimate of drug-likeness (QED) is 0.810. The molecule has 2 rings (SSSR count). The van der Waals surface area contributed by atoms with Gasteiger partial charge in [-0.15, -0.1) is 0 Å². The van der Waals surface area contributed by atoms with Gasteiger partial charge in [-0.2, -0.15) is 5.26 Å². The molecule has 0 bridgehead atoms. The highest BCUT2D eigenvalue weighted by Crippen LogP contribution is 2.06. The van der Waals surface area contributed by atoms with Gasteiger partial charge in [0.15, 0.2) is 5.69 Å². The topological polar surface area (TPSA) is 64.8 Å². The van der Waals surface area contributed by atoms with E-state index in [-0.39, 0.29) is 0 Å². The van der Waals surface area contributed by atoms with E-state index in [9.17, 15) is 0 Å². The Morgan fingerprint density at radius 3 is 2.75 bits per heavy atom. The molecule has 16 heavy (non-hydrogen) atoms. The van der Waals surface area contributed by atoms with Gasteiger partial charge >= 0.3 is 0 Å². The van der Waals surface area contributed by atoms with Crippen molar-refractivity contribution in [1.29, 1.82) is 5.26 Å². The van der Waals surface area contributed by atoms with Crippen molar-refractivity contribution in [3.8, 4) is 6.07 Å². The van der Waals surface area contributed by atoms with Crippen LogP contribution in [0.1, 0.15) is 18.5 Å². The minimum absolute atomic E-state index is 0.352. The first-order valence-corrected chi connectivity index (χ1v) is 5.57. The van der Waals surface area contributed by atoms with Gasteiger partial charge < -0.3 is 10.2 Å². The highest BCUT2D eigenvalue weighted by molar-refractivity contribution is 5.32. The summed E-state index contributed by atoms with van der Waals surface area (Å²) in [5, 5.41) is 11.8. The number of nitriles is 1. The molecule has 0 atom stereocenters. The largest absolute Gasteiger partial charge is 0.368 e. The van der Waals surface area contributed by atoms with Crippen LogP contribution < -0.4 is 5.32 Å². The van der Waals surface area contributed by atoms with Crippen LogP contribution in [0.25, 0.3) is 0 Å². The molecule has 0 aromatic carbocycles. The molecule has 0 aliphatic carbocycles. The molecule has 5 heteroatoms. The molecule has 2 heterocycles. The third-order valence-electron chi connectivity index (χ3n) is 2.70. The Bertz CT molecular complexity index is 361. The second-order valence-corrected chi connectivity index (χ2v) is 3.87. The Hall–Kier alpha value is -1.67. The Morgan fingerprint density at radius 1 is 1.31 bits per heavy atom. The first-order chi connectivity index (χ1) is 7.88. The molecule has 1 fully saturated rings. The first kappa shape index (κ1) is 10.8. The fourth-order valence-electron chi connectivity index (χ4n) is 1.83. The van der Waals surface area contributed by atoms with Gasteiger partial charge in [0.05, 0.1) is 12.4 Å². The lowest BCUT2D eigenvalue weighted by Gasteiger charge is -2.14. The monoisotopic (exact) mass is 217 g/mol. The normalized spacial score (nSPS) is 15.9. The van der Waals surface area contributed by atoms with Crippen molar-refractivity contribution in [2.45, 2.75) is 12.8 Å². The van der Waals surface area contributed by atoms with Gasteiger partial charge in [0.25, 0.3) is 0 Å². The predicted molar refractivity (Wildman–Crippen MR) is 60.9 cm³/mol. The predicted octanol–water partition coefficient (Wildman–Crippen LogP) is 0.856. The Balaban J connectivity index is 1.74. The molecule has 0 unspecified atom stereocenters. The van der Waals surface area contributed by atoms with Gasteiger partial charge in [0.2, 0.25) is 0 Å². The van der Waals surface area contributed by atoms with E-state index in [1.165, 1.54) is 32.1 Å². The molecule has 1 aromatic heterocycles. The number of anilines is 1. The van der Waals surface area contributed by atoms with Crippen LogP contribution in [0.5, 0.6) is 0 Å². The van der Waals surface area contributed by atoms with Crippen LogP contribution >= 0.6 is 0 Å². The third kappa shape index (κ3) is 2.91. The molecule has 1 aromatic rings. The van der Waals surface area contributed by atoms with Crippen LogP contribution in [0.2, 0.25) is 0 Å². The summed E-state index contributed by atoms with van der Waals surface area (Å²) in [6.07, 6.45) is 5.72. The second-order valence-electron chi connectivity index (χ2n) is 3.87. The first-order valence-electron chi connectivity index (χ1n) is 5.57. The lowest BCUT2D eigenvalue weighted by Crippen LogP contribution is -2.26. The van der Waals surface area contributed by atoms with Crippen LogP contribution in [0.3, 0.4) is 0 Å². The maximum atomic E-state index is 8.57. The minimum atomic E-state index is 0.352. The van der Waals surface area contributed by atoms with Gasteiger partial charge in [-0.05, 0) is 25.9 Å². The maximum Gasteiger partial charge on any atom is 0.158 e. The van der Waals surface area contributed by atoms with Crippen molar-refractivity contribution < 1.29 is 0 Å². The zero-order valence-corrected chi connectivity index (χ0v) is 9.19. The van der Waals surface area contributed by atoms with Gasteiger partial charge in [-0.1, -0.05) is 0 Å². The van der Waals surface area contributed by atoms with Crippen molar-refractivity contribution >= 4 is 5.82 Å². The van der Waals surface area contributed by atoms with Crippen molar-refractivity contribution in [2.24, 2.45) is 0 Å².